The standard InChI is InChI=1S/C14H20ClNO.ClH/c1-5-8-17-13-7-6-12(15)9-11(13)10-16-14(2,3)4;/h5-7,9,16H,1,8,10H2,2-4H3;1H. The van der Waals surface area contributed by atoms with Crippen LogP contribution in [-0.2, 0) is 6.54 Å². The molecule has 1 rings (SSSR count). The van der Waals surface area contributed by atoms with E-state index in [9.17, 15) is 0 Å². The minimum absolute atomic E-state index is 0. The summed E-state index contributed by atoms with van der Waals surface area (Å²) in [5.74, 6) is 0.853. The van der Waals surface area contributed by atoms with Gasteiger partial charge in [0, 0.05) is 22.7 Å². The minimum Gasteiger partial charge on any atom is -0.489 e. The SMILES string of the molecule is C=CCOc1ccc(Cl)cc1CNC(C)(C)C.Cl. The summed E-state index contributed by atoms with van der Waals surface area (Å²) in [4.78, 5) is 0. The van der Waals surface area contributed by atoms with Crippen molar-refractivity contribution in [3.63, 3.8) is 0 Å². The first-order valence-electron chi connectivity index (χ1n) is 5.69. The average Bonchev–Trinajstić information content (AvgIpc) is 2.24. The highest BCUT2D eigenvalue weighted by atomic mass is 35.5. The van der Waals surface area contributed by atoms with E-state index >= 15 is 0 Å². The van der Waals surface area contributed by atoms with Crippen LogP contribution in [0.15, 0.2) is 30.9 Å². The number of hydrogen-bond acceptors (Lipinski definition) is 2. The van der Waals surface area contributed by atoms with Crippen molar-refractivity contribution in [3.05, 3.63) is 41.4 Å². The molecule has 0 amide bonds. The number of ether oxygens (including phenoxy) is 1. The molecule has 2 nitrogen and oxygen atoms in total. The highest BCUT2D eigenvalue weighted by Gasteiger charge is 2.11. The molecule has 1 N–H and O–H groups in total. The summed E-state index contributed by atoms with van der Waals surface area (Å²) in [6, 6.07) is 5.66. The number of hydrogen-bond donors (Lipinski definition) is 1. The highest BCUT2D eigenvalue weighted by Crippen LogP contribution is 2.23. The Balaban J connectivity index is 0.00000289. The highest BCUT2D eigenvalue weighted by molar-refractivity contribution is 6.30. The molecule has 0 bridgehead atoms. The zero-order valence-corrected chi connectivity index (χ0v) is 12.7. The molecule has 0 aromatic heterocycles. The van der Waals surface area contributed by atoms with E-state index < -0.39 is 0 Å². The first kappa shape index (κ1) is 17.3. The van der Waals surface area contributed by atoms with E-state index in [1.54, 1.807) is 6.08 Å². The Labute approximate surface area is 121 Å². The van der Waals surface area contributed by atoms with Crippen molar-refractivity contribution in [3.8, 4) is 5.75 Å². The second-order valence-corrected chi connectivity index (χ2v) is 5.39. The van der Waals surface area contributed by atoms with Crippen molar-refractivity contribution in [1.29, 1.82) is 0 Å². The Bertz CT molecular complexity index is 386. The van der Waals surface area contributed by atoms with Crippen LogP contribution in [0, 0.1) is 0 Å². The molecular weight excluding hydrogens is 269 g/mol. The monoisotopic (exact) mass is 289 g/mol. The van der Waals surface area contributed by atoms with Crippen LogP contribution in [0.25, 0.3) is 0 Å². The fourth-order valence-electron chi connectivity index (χ4n) is 1.34. The normalized spacial score (nSPS) is 10.7. The Morgan fingerprint density at radius 2 is 2.06 bits per heavy atom. The van der Waals surface area contributed by atoms with Gasteiger partial charge < -0.3 is 10.1 Å². The number of nitrogens with one attached hydrogen (secondary N) is 1. The molecule has 0 radical (unpaired) electrons. The average molecular weight is 290 g/mol. The summed E-state index contributed by atoms with van der Waals surface area (Å²) in [6.07, 6.45) is 1.73. The number of rotatable bonds is 5. The second kappa shape index (κ2) is 7.67. The molecule has 18 heavy (non-hydrogen) atoms. The van der Waals surface area contributed by atoms with Gasteiger partial charge in [-0.15, -0.1) is 12.4 Å². The molecule has 0 unspecified atom stereocenters. The van der Waals surface area contributed by atoms with Crippen LogP contribution in [0.2, 0.25) is 5.02 Å². The fraction of sp³-hybridized carbons (Fsp3) is 0.429. The number of halogens is 2. The van der Waals surface area contributed by atoms with Gasteiger partial charge in [-0.2, -0.15) is 0 Å². The minimum atomic E-state index is 0. The maximum Gasteiger partial charge on any atom is 0.124 e. The lowest BCUT2D eigenvalue weighted by Gasteiger charge is -2.21. The molecule has 0 saturated carbocycles. The van der Waals surface area contributed by atoms with E-state index in [1.807, 2.05) is 18.2 Å². The molecule has 1 aromatic rings. The van der Waals surface area contributed by atoms with Crippen LogP contribution >= 0.6 is 24.0 Å². The molecule has 102 valence electrons. The van der Waals surface area contributed by atoms with Gasteiger partial charge in [-0.05, 0) is 39.0 Å². The molecule has 4 heteroatoms. The summed E-state index contributed by atoms with van der Waals surface area (Å²) < 4.78 is 5.59. The smallest absolute Gasteiger partial charge is 0.124 e. The first-order chi connectivity index (χ1) is 7.92. The molecule has 0 aliphatic heterocycles. The molecule has 0 atom stereocenters. The van der Waals surface area contributed by atoms with E-state index in [-0.39, 0.29) is 17.9 Å². The van der Waals surface area contributed by atoms with Crippen LogP contribution in [0.5, 0.6) is 5.75 Å². The van der Waals surface area contributed by atoms with E-state index in [0.29, 0.717) is 6.61 Å². The van der Waals surface area contributed by atoms with Crippen LogP contribution in [0.4, 0.5) is 0 Å². The van der Waals surface area contributed by atoms with Crippen LogP contribution < -0.4 is 10.1 Å². The van der Waals surface area contributed by atoms with Gasteiger partial charge in [0.15, 0.2) is 0 Å². The second-order valence-electron chi connectivity index (χ2n) is 4.96. The van der Waals surface area contributed by atoms with E-state index in [0.717, 1.165) is 22.9 Å². The predicted octanol–water partition coefficient (Wildman–Crippen LogP) is 4.21. The Morgan fingerprint density at radius 1 is 1.39 bits per heavy atom. The maximum atomic E-state index is 6.00. The summed E-state index contributed by atoms with van der Waals surface area (Å²) in [5.41, 5.74) is 1.13. The zero-order chi connectivity index (χ0) is 12.9. The van der Waals surface area contributed by atoms with Gasteiger partial charge in [0.2, 0.25) is 0 Å². The molecule has 0 spiro atoms. The van der Waals surface area contributed by atoms with E-state index in [4.69, 9.17) is 16.3 Å². The summed E-state index contributed by atoms with van der Waals surface area (Å²) in [6.45, 7) is 11.3. The van der Waals surface area contributed by atoms with Gasteiger partial charge in [-0.3, -0.25) is 0 Å². The molecule has 0 aliphatic rings. The largest absolute Gasteiger partial charge is 0.489 e. The Hall–Kier alpha value is -0.700. The lowest BCUT2D eigenvalue weighted by atomic mass is 10.1. The van der Waals surface area contributed by atoms with Crippen LogP contribution in [0.1, 0.15) is 26.3 Å². The van der Waals surface area contributed by atoms with Crippen molar-refractivity contribution in [1.82, 2.24) is 5.32 Å². The quantitative estimate of drug-likeness (QED) is 0.820. The zero-order valence-electron chi connectivity index (χ0n) is 11.1. The van der Waals surface area contributed by atoms with Gasteiger partial charge in [0.05, 0.1) is 0 Å². The van der Waals surface area contributed by atoms with Crippen molar-refractivity contribution in [2.75, 3.05) is 6.61 Å². The fourth-order valence-corrected chi connectivity index (χ4v) is 1.53. The number of benzene rings is 1. The molecular formula is C14H21Cl2NO. The molecule has 0 aliphatic carbocycles. The molecule has 0 saturated heterocycles. The third-order valence-electron chi connectivity index (χ3n) is 2.19. The summed E-state index contributed by atoms with van der Waals surface area (Å²) in [5, 5.41) is 4.14. The van der Waals surface area contributed by atoms with Gasteiger partial charge in [-0.1, -0.05) is 24.3 Å². The molecule has 0 fully saturated rings. The third kappa shape index (κ3) is 6.29. The topological polar surface area (TPSA) is 21.3 Å². The molecule has 1 aromatic carbocycles. The van der Waals surface area contributed by atoms with E-state index in [2.05, 4.69) is 32.7 Å². The summed E-state index contributed by atoms with van der Waals surface area (Å²) in [7, 11) is 0. The molecule has 0 heterocycles. The summed E-state index contributed by atoms with van der Waals surface area (Å²) >= 11 is 6.00. The van der Waals surface area contributed by atoms with Crippen molar-refractivity contribution >= 4 is 24.0 Å². The van der Waals surface area contributed by atoms with Crippen LogP contribution in [-0.4, -0.2) is 12.1 Å². The van der Waals surface area contributed by atoms with Crippen molar-refractivity contribution in [2.24, 2.45) is 0 Å². The van der Waals surface area contributed by atoms with Crippen molar-refractivity contribution < 1.29 is 4.74 Å². The van der Waals surface area contributed by atoms with Gasteiger partial charge >= 0.3 is 0 Å². The van der Waals surface area contributed by atoms with Gasteiger partial charge in [-0.25, -0.2) is 0 Å². The lowest BCUT2D eigenvalue weighted by molar-refractivity contribution is 0.352. The predicted molar refractivity (Wildman–Crippen MR) is 81.0 cm³/mol. The van der Waals surface area contributed by atoms with Crippen molar-refractivity contribution in [2.45, 2.75) is 32.9 Å². The third-order valence-corrected chi connectivity index (χ3v) is 2.42. The lowest BCUT2D eigenvalue weighted by Crippen LogP contribution is -2.35. The van der Waals surface area contributed by atoms with Crippen LogP contribution in [0.3, 0.4) is 0 Å². The van der Waals surface area contributed by atoms with Gasteiger partial charge in [0.1, 0.15) is 12.4 Å². The Morgan fingerprint density at radius 3 is 2.61 bits per heavy atom. The maximum absolute atomic E-state index is 6.00. The Kier molecular flexibility index (Phi) is 7.37. The van der Waals surface area contributed by atoms with Gasteiger partial charge in [0.25, 0.3) is 0 Å². The first-order valence-corrected chi connectivity index (χ1v) is 6.07. The van der Waals surface area contributed by atoms with E-state index in [1.165, 1.54) is 0 Å².